The highest BCUT2D eigenvalue weighted by atomic mass is 15.3. The van der Waals surface area contributed by atoms with E-state index in [-0.39, 0.29) is 5.54 Å². The molecule has 1 aliphatic heterocycles. The molecule has 1 N–H and O–H groups in total. The van der Waals surface area contributed by atoms with Gasteiger partial charge in [-0.15, -0.1) is 0 Å². The lowest BCUT2D eigenvalue weighted by molar-refractivity contribution is 0.211. The molecule has 1 aliphatic carbocycles. The lowest BCUT2D eigenvalue weighted by atomic mass is 9.99. The summed E-state index contributed by atoms with van der Waals surface area (Å²) in [6.45, 7) is 7.67. The number of nitriles is 1. The fourth-order valence-electron chi connectivity index (χ4n) is 3.93. The molecule has 19 heavy (non-hydrogen) atoms. The Labute approximate surface area is 117 Å². The zero-order valence-corrected chi connectivity index (χ0v) is 12.8. The van der Waals surface area contributed by atoms with Crippen LogP contribution in [0.4, 0.5) is 0 Å². The van der Waals surface area contributed by atoms with Gasteiger partial charge in [-0.2, -0.15) is 5.26 Å². The molecule has 0 aromatic carbocycles. The standard InChI is InChI=1S/C15H28N4/c1-5-17-15(11-16)7-6-13(8-15)19-9-12(2)14(10-19)18(3)4/h12-14,17H,5-10H2,1-4H3. The van der Waals surface area contributed by atoms with E-state index in [0.29, 0.717) is 12.1 Å². The highest BCUT2D eigenvalue weighted by molar-refractivity contribution is 5.14. The van der Waals surface area contributed by atoms with Crippen molar-refractivity contribution in [3.05, 3.63) is 0 Å². The van der Waals surface area contributed by atoms with E-state index in [1.54, 1.807) is 0 Å². The van der Waals surface area contributed by atoms with Gasteiger partial charge in [0.1, 0.15) is 5.54 Å². The fraction of sp³-hybridized carbons (Fsp3) is 0.933. The first-order valence-electron chi connectivity index (χ1n) is 7.58. The topological polar surface area (TPSA) is 42.3 Å². The monoisotopic (exact) mass is 264 g/mol. The van der Waals surface area contributed by atoms with E-state index in [2.05, 4.69) is 49.1 Å². The molecule has 2 aliphatic rings. The highest BCUT2D eigenvalue weighted by Gasteiger charge is 2.44. The summed E-state index contributed by atoms with van der Waals surface area (Å²) in [5.74, 6) is 0.728. The molecule has 1 heterocycles. The van der Waals surface area contributed by atoms with Crippen molar-refractivity contribution in [3.8, 4) is 6.07 Å². The van der Waals surface area contributed by atoms with Crippen LogP contribution in [0.15, 0.2) is 0 Å². The first-order valence-corrected chi connectivity index (χ1v) is 7.58. The molecule has 0 radical (unpaired) electrons. The van der Waals surface area contributed by atoms with Gasteiger partial charge < -0.3 is 4.90 Å². The van der Waals surface area contributed by atoms with Crippen molar-refractivity contribution in [1.82, 2.24) is 15.1 Å². The van der Waals surface area contributed by atoms with Gasteiger partial charge in [-0.1, -0.05) is 13.8 Å². The van der Waals surface area contributed by atoms with Crippen LogP contribution in [0.1, 0.15) is 33.1 Å². The maximum atomic E-state index is 9.46. The number of rotatable bonds is 4. The Balaban J connectivity index is 1.97. The SMILES string of the molecule is CCNC1(C#N)CCC(N2CC(C)C(N(C)C)C2)C1. The van der Waals surface area contributed by atoms with E-state index in [4.69, 9.17) is 0 Å². The van der Waals surface area contributed by atoms with E-state index in [0.717, 1.165) is 38.3 Å². The molecule has 0 aromatic rings. The molecule has 4 heteroatoms. The van der Waals surface area contributed by atoms with Crippen LogP contribution in [-0.2, 0) is 0 Å². The maximum absolute atomic E-state index is 9.46. The molecule has 2 fully saturated rings. The maximum Gasteiger partial charge on any atom is 0.108 e. The molecule has 108 valence electrons. The summed E-state index contributed by atoms with van der Waals surface area (Å²) in [4.78, 5) is 4.97. The van der Waals surface area contributed by atoms with Crippen LogP contribution in [0.5, 0.6) is 0 Å². The molecular weight excluding hydrogens is 236 g/mol. The van der Waals surface area contributed by atoms with Gasteiger partial charge in [-0.25, -0.2) is 0 Å². The average Bonchev–Trinajstić information content (AvgIpc) is 2.94. The third-order valence-electron chi connectivity index (χ3n) is 5.00. The smallest absolute Gasteiger partial charge is 0.108 e. The molecular formula is C15H28N4. The Kier molecular flexibility index (Phi) is 4.50. The van der Waals surface area contributed by atoms with Gasteiger partial charge in [-0.05, 0) is 45.8 Å². The third-order valence-corrected chi connectivity index (χ3v) is 5.00. The molecule has 4 unspecified atom stereocenters. The summed E-state index contributed by atoms with van der Waals surface area (Å²) in [6.07, 6.45) is 3.15. The van der Waals surface area contributed by atoms with E-state index in [1.807, 2.05) is 0 Å². The predicted molar refractivity (Wildman–Crippen MR) is 77.9 cm³/mol. The molecule has 4 atom stereocenters. The lowest BCUT2D eigenvalue weighted by Gasteiger charge is -2.27. The summed E-state index contributed by atoms with van der Waals surface area (Å²) < 4.78 is 0. The second-order valence-electron chi connectivity index (χ2n) is 6.58. The molecule has 0 amide bonds. The minimum absolute atomic E-state index is 0.265. The first kappa shape index (κ1) is 14.8. The number of likely N-dealkylation sites (tertiary alicyclic amines) is 1. The number of hydrogen-bond acceptors (Lipinski definition) is 4. The van der Waals surface area contributed by atoms with Crippen LogP contribution in [0.2, 0.25) is 0 Å². The lowest BCUT2D eigenvalue weighted by Crippen LogP contribution is -2.44. The number of hydrogen-bond donors (Lipinski definition) is 1. The minimum Gasteiger partial charge on any atom is -0.305 e. The van der Waals surface area contributed by atoms with Gasteiger partial charge in [0.25, 0.3) is 0 Å². The Bertz CT molecular complexity index is 349. The zero-order chi connectivity index (χ0) is 14.0. The van der Waals surface area contributed by atoms with Crippen LogP contribution in [0.25, 0.3) is 0 Å². The van der Waals surface area contributed by atoms with Crippen LogP contribution in [0.3, 0.4) is 0 Å². The summed E-state index contributed by atoms with van der Waals surface area (Å²) in [7, 11) is 4.36. The summed E-state index contributed by atoms with van der Waals surface area (Å²) in [5, 5.41) is 12.9. The summed E-state index contributed by atoms with van der Waals surface area (Å²) in [5.41, 5.74) is -0.265. The van der Waals surface area contributed by atoms with E-state index in [1.165, 1.54) is 6.54 Å². The van der Waals surface area contributed by atoms with Gasteiger partial charge >= 0.3 is 0 Å². The van der Waals surface area contributed by atoms with Crippen molar-refractivity contribution in [3.63, 3.8) is 0 Å². The first-order chi connectivity index (χ1) is 9.01. The van der Waals surface area contributed by atoms with Gasteiger partial charge in [0.05, 0.1) is 6.07 Å². The molecule has 2 rings (SSSR count). The third kappa shape index (κ3) is 2.94. The number of likely N-dealkylation sites (N-methyl/N-ethyl adjacent to an activating group) is 1. The average molecular weight is 264 g/mol. The zero-order valence-electron chi connectivity index (χ0n) is 12.8. The summed E-state index contributed by atoms with van der Waals surface area (Å²) in [6, 6.07) is 3.78. The van der Waals surface area contributed by atoms with Crippen molar-refractivity contribution < 1.29 is 0 Å². The largest absolute Gasteiger partial charge is 0.305 e. The van der Waals surface area contributed by atoms with Crippen molar-refractivity contribution in [2.75, 3.05) is 33.7 Å². The van der Waals surface area contributed by atoms with Crippen molar-refractivity contribution in [2.24, 2.45) is 5.92 Å². The van der Waals surface area contributed by atoms with Gasteiger partial charge in [0.15, 0.2) is 0 Å². The highest BCUT2D eigenvalue weighted by Crippen LogP contribution is 2.35. The van der Waals surface area contributed by atoms with Gasteiger partial charge in [0, 0.05) is 25.2 Å². The Morgan fingerprint density at radius 3 is 2.68 bits per heavy atom. The van der Waals surface area contributed by atoms with Crippen molar-refractivity contribution in [1.29, 1.82) is 5.26 Å². The quantitative estimate of drug-likeness (QED) is 0.831. The van der Waals surface area contributed by atoms with Crippen molar-refractivity contribution >= 4 is 0 Å². The van der Waals surface area contributed by atoms with E-state index < -0.39 is 0 Å². The summed E-state index contributed by atoms with van der Waals surface area (Å²) >= 11 is 0. The number of nitrogens with zero attached hydrogens (tertiary/aromatic N) is 3. The van der Waals surface area contributed by atoms with Gasteiger partial charge in [-0.3, -0.25) is 10.2 Å². The van der Waals surface area contributed by atoms with Crippen LogP contribution in [-0.4, -0.2) is 61.2 Å². The molecule has 4 nitrogen and oxygen atoms in total. The van der Waals surface area contributed by atoms with Crippen LogP contribution >= 0.6 is 0 Å². The van der Waals surface area contributed by atoms with Crippen LogP contribution < -0.4 is 5.32 Å². The van der Waals surface area contributed by atoms with E-state index >= 15 is 0 Å². The molecule has 1 saturated carbocycles. The van der Waals surface area contributed by atoms with Crippen molar-refractivity contribution in [2.45, 2.75) is 50.7 Å². The molecule has 0 bridgehead atoms. The van der Waals surface area contributed by atoms with E-state index in [9.17, 15) is 5.26 Å². The predicted octanol–water partition coefficient (Wildman–Crippen LogP) is 1.29. The number of nitrogens with one attached hydrogen (secondary N) is 1. The molecule has 1 saturated heterocycles. The van der Waals surface area contributed by atoms with Crippen LogP contribution in [0, 0.1) is 17.2 Å². The second-order valence-corrected chi connectivity index (χ2v) is 6.58. The second kappa shape index (κ2) is 5.78. The molecule has 0 aromatic heterocycles. The normalized spacial score (nSPS) is 39.9. The van der Waals surface area contributed by atoms with Gasteiger partial charge in [0.2, 0.25) is 0 Å². The molecule has 0 spiro atoms. The fourth-order valence-corrected chi connectivity index (χ4v) is 3.93. The Hall–Kier alpha value is -0.630. The minimum atomic E-state index is -0.265. The Morgan fingerprint density at radius 2 is 2.16 bits per heavy atom. The Morgan fingerprint density at radius 1 is 1.42 bits per heavy atom.